The molecule has 0 spiro atoms. The number of sulfonamides is 1. The van der Waals surface area contributed by atoms with Crippen molar-refractivity contribution in [2.75, 3.05) is 13.4 Å². The van der Waals surface area contributed by atoms with Crippen LogP contribution in [0.4, 0.5) is 0 Å². The number of carbonyl (C=O) groups is 1. The molecule has 7 heteroatoms. The molecule has 0 aliphatic heterocycles. The van der Waals surface area contributed by atoms with Gasteiger partial charge in [0.05, 0.1) is 19.4 Å². The van der Waals surface area contributed by atoms with Crippen molar-refractivity contribution in [1.82, 2.24) is 10.0 Å². The zero-order chi connectivity index (χ0) is 17.0. The fraction of sp³-hybridized carbons (Fsp3) is 0.533. The highest BCUT2D eigenvalue weighted by Gasteiger charge is 2.22. The Balaban J connectivity index is 2.95. The molecule has 1 rings (SSSR count). The second-order valence-electron chi connectivity index (χ2n) is 6.22. The van der Waals surface area contributed by atoms with E-state index in [2.05, 4.69) is 10.0 Å². The van der Waals surface area contributed by atoms with E-state index < -0.39 is 16.1 Å². The number of ether oxygens (including phenoxy) is 1. The van der Waals surface area contributed by atoms with Crippen LogP contribution in [0, 0.1) is 0 Å². The number of hydrogen-bond donors (Lipinski definition) is 2. The fourth-order valence-corrected chi connectivity index (χ4v) is 2.71. The summed E-state index contributed by atoms with van der Waals surface area (Å²) in [4.78, 5) is 12.1. The molecule has 0 bridgehead atoms. The average molecular weight is 328 g/mol. The molecule has 2 N–H and O–H groups in total. The molecule has 1 atom stereocenters. The zero-order valence-electron chi connectivity index (χ0n) is 13.6. The molecule has 0 aromatic heterocycles. The van der Waals surface area contributed by atoms with Crippen molar-refractivity contribution in [3.8, 4) is 5.75 Å². The maximum atomic E-state index is 12.1. The minimum atomic E-state index is -3.44. The lowest BCUT2D eigenvalue weighted by atomic mass is 10.0. The largest absolute Gasteiger partial charge is 0.497 e. The van der Waals surface area contributed by atoms with Crippen molar-refractivity contribution in [3.05, 3.63) is 29.8 Å². The third-order valence-electron chi connectivity index (χ3n) is 2.78. The first-order chi connectivity index (χ1) is 10.00. The van der Waals surface area contributed by atoms with E-state index in [4.69, 9.17) is 4.74 Å². The third kappa shape index (κ3) is 6.91. The molecule has 0 aliphatic rings. The maximum Gasteiger partial charge on any atom is 0.222 e. The van der Waals surface area contributed by atoms with Crippen molar-refractivity contribution in [2.24, 2.45) is 0 Å². The van der Waals surface area contributed by atoms with Gasteiger partial charge in [-0.1, -0.05) is 12.1 Å². The van der Waals surface area contributed by atoms with Crippen LogP contribution >= 0.6 is 0 Å². The van der Waals surface area contributed by atoms with E-state index in [-0.39, 0.29) is 17.9 Å². The molecule has 0 fully saturated rings. The van der Waals surface area contributed by atoms with E-state index >= 15 is 0 Å². The van der Waals surface area contributed by atoms with E-state index in [1.165, 1.54) is 0 Å². The zero-order valence-corrected chi connectivity index (χ0v) is 14.5. The molecule has 6 nitrogen and oxygen atoms in total. The van der Waals surface area contributed by atoms with Crippen LogP contribution in [0.2, 0.25) is 0 Å². The summed E-state index contributed by atoms with van der Waals surface area (Å²) in [6.45, 7) is 5.62. The quantitative estimate of drug-likeness (QED) is 0.830. The Bertz CT molecular complexity index is 603. The van der Waals surface area contributed by atoms with Crippen LogP contribution < -0.4 is 14.8 Å². The number of methoxy groups -OCH3 is 1. The number of amides is 1. The topological polar surface area (TPSA) is 84.5 Å². The first-order valence-corrected chi connectivity index (χ1v) is 8.81. The molecule has 0 saturated heterocycles. The van der Waals surface area contributed by atoms with Gasteiger partial charge in [-0.15, -0.1) is 0 Å². The second kappa shape index (κ2) is 7.11. The lowest BCUT2D eigenvalue weighted by Gasteiger charge is -2.23. The average Bonchev–Trinajstić information content (AvgIpc) is 2.34. The smallest absolute Gasteiger partial charge is 0.222 e. The van der Waals surface area contributed by atoms with E-state index in [1.807, 2.05) is 20.8 Å². The van der Waals surface area contributed by atoms with Crippen LogP contribution in [-0.2, 0) is 14.8 Å². The van der Waals surface area contributed by atoms with Crippen molar-refractivity contribution < 1.29 is 17.9 Å². The molecule has 1 amide bonds. The van der Waals surface area contributed by atoms with Gasteiger partial charge in [-0.2, -0.15) is 0 Å². The Morgan fingerprint density at radius 1 is 1.23 bits per heavy atom. The monoisotopic (exact) mass is 328 g/mol. The standard InChI is InChI=1S/C15H24N2O4S/c1-15(2,3)16-14(18)10-13(17-22(5,19)20)11-6-8-12(21-4)9-7-11/h6-9,13,17H,10H2,1-5H3,(H,16,18). The van der Waals surface area contributed by atoms with E-state index in [9.17, 15) is 13.2 Å². The maximum absolute atomic E-state index is 12.1. The SMILES string of the molecule is COc1ccc(C(CC(=O)NC(C)(C)C)NS(C)(=O)=O)cc1. The van der Waals surface area contributed by atoms with Crippen LogP contribution in [0.15, 0.2) is 24.3 Å². The highest BCUT2D eigenvalue weighted by atomic mass is 32.2. The summed E-state index contributed by atoms with van der Waals surface area (Å²) < 4.78 is 30.7. The number of nitrogens with one attached hydrogen (secondary N) is 2. The summed E-state index contributed by atoms with van der Waals surface area (Å²) in [6.07, 6.45) is 1.10. The molecule has 124 valence electrons. The molecule has 0 radical (unpaired) electrons. The van der Waals surface area contributed by atoms with Gasteiger partial charge in [0.2, 0.25) is 15.9 Å². The highest BCUT2D eigenvalue weighted by Crippen LogP contribution is 2.21. The molecular weight excluding hydrogens is 304 g/mol. The van der Waals surface area contributed by atoms with Gasteiger partial charge in [-0.05, 0) is 38.5 Å². The summed E-state index contributed by atoms with van der Waals surface area (Å²) in [5, 5.41) is 2.83. The minimum Gasteiger partial charge on any atom is -0.497 e. The van der Waals surface area contributed by atoms with E-state index in [0.29, 0.717) is 11.3 Å². The van der Waals surface area contributed by atoms with Crippen LogP contribution in [0.1, 0.15) is 38.8 Å². The van der Waals surface area contributed by atoms with Gasteiger partial charge in [0.15, 0.2) is 0 Å². The number of carbonyl (C=O) groups excluding carboxylic acids is 1. The van der Waals surface area contributed by atoms with Crippen molar-refractivity contribution >= 4 is 15.9 Å². The molecule has 0 heterocycles. The predicted molar refractivity (Wildman–Crippen MR) is 86.2 cm³/mol. The van der Waals surface area contributed by atoms with Crippen LogP contribution in [0.3, 0.4) is 0 Å². The van der Waals surface area contributed by atoms with Gasteiger partial charge >= 0.3 is 0 Å². The van der Waals surface area contributed by atoms with Crippen molar-refractivity contribution in [3.63, 3.8) is 0 Å². The predicted octanol–water partition coefficient (Wildman–Crippen LogP) is 1.59. The van der Waals surface area contributed by atoms with Gasteiger partial charge in [-0.25, -0.2) is 13.1 Å². The molecule has 1 aromatic carbocycles. The molecule has 1 unspecified atom stereocenters. The Morgan fingerprint density at radius 3 is 2.18 bits per heavy atom. The Labute approximate surface area is 132 Å². The number of hydrogen-bond acceptors (Lipinski definition) is 4. The normalized spacial score (nSPS) is 13.5. The Morgan fingerprint density at radius 2 is 1.77 bits per heavy atom. The highest BCUT2D eigenvalue weighted by molar-refractivity contribution is 7.88. The van der Waals surface area contributed by atoms with Crippen LogP contribution in [0.25, 0.3) is 0 Å². The number of benzene rings is 1. The van der Waals surface area contributed by atoms with E-state index in [1.54, 1.807) is 31.4 Å². The summed E-state index contributed by atoms with van der Waals surface area (Å²) in [7, 11) is -1.88. The van der Waals surface area contributed by atoms with Gasteiger partial charge in [0.1, 0.15) is 5.75 Å². The van der Waals surface area contributed by atoms with Crippen molar-refractivity contribution in [1.29, 1.82) is 0 Å². The first-order valence-electron chi connectivity index (χ1n) is 6.92. The van der Waals surface area contributed by atoms with Gasteiger partial charge in [-0.3, -0.25) is 4.79 Å². The lowest BCUT2D eigenvalue weighted by Crippen LogP contribution is -2.42. The Kier molecular flexibility index (Phi) is 5.96. The van der Waals surface area contributed by atoms with E-state index in [0.717, 1.165) is 6.26 Å². The summed E-state index contributed by atoms with van der Waals surface area (Å²) in [6, 6.07) is 6.32. The van der Waals surface area contributed by atoms with Gasteiger partial charge in [0.25, 0.3) is 0 Å². The summed E-state index contributed by atoms with van der Waals surface area (Å²) >= 11 is 0. The second-order valence-corrected chi connectivity index (χ2v) is 8.00. The molecule has 1 aromatic rings. The molecule has 0 saturated carbocycles. The lowest BCUT2D eigenvalue weighted by molar-refractivity contribution is -0.122. The first kappa shape index (κ1) is 18.4. The molecule has 0 aliphatic carbocycles. The summed E-state index contributed by atoms with van der Waals surface area (Å²) in [5.41, 5.74) is 0.336. The molecular formula is C15H24N2O4S. The van der Waals surface area contributed by atoms with Crippen LogP contribution in [-0.4, -0.2) is 33.2 Å². The van der Waals surface area contributed by atoms with Crippen molar-refractivity contribution in [2.45, 2.75) is 38.8 Å². The minimum absolute atomic E-state index is 0.0245. The third-order valence-corrected chi connectivity index (χ3v) is 3.49. The van der Waals surface area contributed by atoms with Gasteiger partial charge in [0, 0.05) is 12.0 Å². The fourth-order valence-electron chi connectivity index (χ4n) is 1.98. The molecule has 22 heavy (non-hydrogen) atoms. The summed E-state index contributed by atoms with van der Waals surface area (Å²) in [5.74, 6) is 0.450. The Hall–Kier alpha value is -1.60. The van der Waals surface area contributed by atoms with Gasteiger partial charge < -0.3 is 10.1 Å². The van der Waals surface area contributed by atoms with Crippen LogP contribution in [0.5, 0.6) is 5.75 Å². The number of rotatable bonds is 6.